The second-order valence-corrected chi connectivity index (χ2v) is 4.48. The van der Waals surface area contributed by atoms with Crippen molar-refractivity contribution < 1.29 is 4.52 Å². The topological polar surface area (TPSA) is 64.9 Å². The molecule has 0 saturated heterocycles. The fraction of sp³-hybridized carbons (Fsp3) is 0.500. The SMILES string of the molecule is CCCc1cc(N)c2c(C3CC3)noc2n1. The van der Waals surface area contributed by atoms with Crippen molar-refractivity contribution in [3.8, 4) is 0 Å². The molecule has 1 aliphatic rings. The summed E-state index contributed by atoms with van der Waals surface area (Å²) in [4.78, 5) is 4.45. The summed E-state index contributed by atoms with van der Waals surface area (Å²) in [6.45, 7) is 2.12. The number of anilines is 1. The standard InChI is InChI=1S/C12H15N3O/c1-2-3-8-6-9(13)10-11(7-4-5-7)15-16-12(10)14-8/h6-7H,2-5H2,1H3,(H2,13,14). The van der Waals surface area contributed by atoms with Crippen molar-refractivity contribution in [2.75, 3.05) is 5.73 Å². The average molecular weight is 217 g/mol. The van der Waals surface area contributed by atoms with Crippen LogP contribution in [0.4, 0.5) is 5.69 Å². The largest absolute Gasteiger partial charge is 0.398 e. The van der Waals surface area contributed by atoms with Gasteiger partial charge in [-0.25, -0.2) is 4.98 Å². The highest BCUT2D eigenvalue weighted by Gasteiger charge is 2.30. The van der Waals surface area contributed by atoms with Gasteiger partial charge in [0, 0.05) is 17.3 Å². The third-order valence-electron chi connectivity index (χ3n) is 3.03. The first kappa shape index (κ1) is 9.63. The molecule has 1 fully saturated rings. The average Bonchev–Trinajstić information content (AvgIpc) is 3.00. The van der Waals surface area contributed by atoms with Crippen molar-refractivity contribution in [1.29, 1.82) is 0 Å². The second-order valence-electron chi connectivity index (χ2n) is 4.48. The number of aryl methyl sites for hydroxylation is 1. The van der Waals surface area contributed by atoms with Gasteiger partial charge in [0.15, 0.2) is 0 Å². The Hall–Kier alpha value is -1.58. The highest BCUT2D eigenvalue weighted by Crippen LogP contribution is 2.43. The molecule has 0 radical (unpaired) electrons. The minimum absolute atomic E-state index is 0.544. The van der Waals surface area contributed by atoms with Crippen LogP contribution in [0.25, 0.3) is 11.1 Å². The Kier molecular flexibility index (Phi) is 2.09. The zero-order chi connectivity index (χ0) is 11.1. The normalized spacial score (nSPS) is 15.8. The number of pyridine rings is 1. The van der Waals surface area contributed by atoms with E-state index in [1.165, 1.54) is 12.8 Å². The van der Waals surface area contributed by atoms with Crippen LogP contribution in [0.2, 0.25) is 0 Å². The highest BCUT2D eigenvalue weighted by atomic mass is 16.5. The Balaban J connectivity index is 2.14. The Bertz CT molecular complexity index is 528. The summed E-state index contributed by atoms with van der Waals surface area (Å²) >= 11 is 0. The van der Waals surface area contributed by atoms with Crippen LogP contribution in [0, 0.1) is 0 Å². The molecule has 0 aliphatic heterocycles. The van der Waals surface area contributed by atoms with E-state index in [0.717, 1.165) is 35.3 Å². The van der Waals surface area contributed by atoms with E-state index in [-0.39, 0.29) is 0 Å². The molecular formula is C12H15N3O. The third-order valence-corrected chi connectivity index (χ3v) is 3.03. The van der Waals surface area contributed by atoms with Crippen molar-refractivity contribution in [3.05, 3.63) is 17.5 Å². The van der Waals surface area contributed by atoms with Crippen LogP contribution >= 0.6 is 0 Å². The van der Waals surface area contributed by atoms with E-state index in [9.17, 15) is 0 Å². The Morgan fingerprint density at radius 1 is 1.50 bits per heavy atom. The molecule has 0 spiro atoms. The van der Waals surface area contributed by atoms with E-state index in [0.29, 0.717) is 11.6 Å². The first-order valence-electron chi connectivity index (χ1n) is 5.84. The molecule has 2 aromatic heterocycles. The first-order valence-corrected chi connectivity index (χ1v) is 5.84. The number of hydrogen-bond donors (Lipinski definition) is 1. The fourth-order valence-corrected chi connectivity index (χ4v) is 2.07. The maximum atomic E-state index is 6.06. The molecule has 4 heteroatoms. The molecule has 0 atom stereocenters. The van der Waals surface area contributed by atoms with Gasteiger partial charge in [0.05, 0.1) is 11.1 Å². The fourth-order valence-electron chi connectivity index (χ4n) is 2.07. The molecule has 84 valence electrons. The minimum Gasteiger partial charge on any atom is -0.398 e. The van der Waals surface area contributed by atoms with E-state index in [2.05, 4.69) is 17.1 Å². The van der Waals surface area contributed by atoms with E-state index in [4.69, 9.17) is 10.3 Å². The molecule has 1 aliphatic carbocycles. The van der Waals surface area contributed by atoms with E-state index in [1.807, 2.05) is 6.07 Å². The van der Waals surface area contributed by atoms with Crippen molar-refractivity contribution in [2.24, 2.45) is 0 Å². The summed E-state index contributed by atoms with van der Waals surface area (Å²) in [6, 6.07) is 1.95. The molecule has 0 unspecified atom stereocenters. The van der Waals surface area contributed by atoms with Gasteiger partial charge in [-0.05, 0) is 25.3 Å². The Labute approximate surface area is 93.8 Å². The third kappa shape index (κ3) is 1.45. The number of hydrogen-bond acceptors (Lipinski definition) is 4. The number of nitrogen functional groups attached to an aromatic ring is 1. The van der Waals surface area contributed by atoms with E-state index < -0.39 is 0 Å². The summed E-state index contributed by atoms with van der Waals surface area (Å²) in [7, 11) is 0. The van der Waals surface area contributed by atoms with Crippen LogP contribution in [-0.2, 0) is 6.42 Å². The lowest BCUT2D eigenvalue weighted by Gasteiger charge is -2.01. The van der Waals surface area contributed by atoms with Crippen LogP contribution in [0.3, 0.4) is 0 Å². The molecule has 16 heavy (non-hydrogen) atoms. The quantitative estimate of drug-likeness (QED) is 0.858. The highest BCUT2D eigenvalue weighted by molar-refractivity contribution is 5.89. The molecule has 2 N–H and O–H groups in total. The maximum absolute atomic E-state index is 6.06. The van der Waals surface area contributed by atoms with E-state index >= 15 is 0 Å². The van der Waals surface area contributed by atoms with Crippen LogP contribution in [0.5, 0.6) is 0 Å². The summed E-state index contributed by atoms with van der Waals surface area (Å²) in [5, 5.41) is 5.03. The zero-order valence-electron chi connectivity index (χ0n) is 9.36. The lowest BCUT2D eigenvalue weighted by molar-refractivity contribution is 0.438. The van der Waals surface area contributed by atoms with Gasteiger partial charge in [0.2, 0.25) is 0 Å². The molecule has 0 bridgehead atoms. The maximum Gasteiger partial charge on any atom is 0.260 e. The molecule has 2 aromatic rings. The van der Waals surface area contributed by atoms with Gasteiger partial charge >= 0.3 is 0 Å². The molecule has 0 amide bonds. The lowest BCUT2D eigenvalue weighted by atomic mass is 10.1. The predicted octanol–water partition coefficient (Wildman–Crippen LogP) is 2.63. The molecule has 2 heterocycles. The van der Waals surface area contributed by atoms with Crippen molar-refractivity contribution in [1.82, 2.24) is 10.1 Å². The van der Waals surface area contributed by atoms with Gasteiger partial charge in [0.1, 0.15) is 0 Å². The van der Waals surface area contributed by atoms with Gasteiger partial charge in [0.25, 0.3) is 5.71 Å². The van der Waals surface area contributed by atoms with Gasteiger partial charge in [-0.2, -0.15) is 0 Å². The number of rotatable bonds is 3. The molecule has 1 saturated carbocycles. The monoisotopic (exact) mass is 217 g/mol. The zero-order valence-corrected chi connectivity index (χ0v) is 9.36. The van der Waals surface area contributed by atoms with Crippen molar-refractivity contribution >= 4 is 16.8 Å². The molecule has 0 aromatic carbocycles. The van der Waals surface area contributed by atoms with Crippen molar-refractivity contribution in [3.63, 3.8) is 0 Å². The summed E-state index contributed by atoms with van der Waals surface area (Å²) < 4.78 is 5.28. The number of nitrogens with zero attached hydrogens (tertiary/aromatic N) is 2. The van der Waals surface area contributed by atoms with Gasteiger partial charge in [-0.1, -0.05) is 18.5 Å². The number of aromatic nitrogens is 2. The number of fused-ring (bicyclic) bond motifs is 1. The Morgan fingerprint density at radius 3 is 3.00 bits per heavy atom. The summed E-state index contributed by atoms with van der Waals surface area (Å²) in [6.07, 6.45) is 4.37. The predicted molar refractivity (Wildman–Crippen MR) is 62.2 cm³/mol. The lowest BCUT2D eigenvalue weighted by Crippen LogP contribution is -1.95. The first-order chi connectivity index (χ1) is 7.79. The van der Waals surface area contributed by atoms with Gasteiger partial charge in [-0.3, -0.25) is 0 Å². The summed E-state index contributed by atoms with van der Waals surface area (Å²) in [5.74, 6) is 0.544. The van der Waals surface area contributed by atoms with Crippen LogP contribution < -0.4 is 5.73 Å². The van der Waals surface area contributed by atoms with Crippen LogP contribution in [0.15, 0.2) is 10.6 Å². The molecular weight excluding hydrogens is 202 g/mol. The minimum atomic E-state index is 0.544. The summed E-state index contributed by atoms with van der Waals surface area (Å²) in [5.41, 5.74) is 9.42. The van der Waals surface area contributed by atoms with Gasteiger partial charge in [-0.15, -0.1) is 0 Å². The second kappa shape index (κ2) is 3.47. The van der Waals surface area contributed by atoms with E-state index in [1.54, 1.807) is 0 Å². The van der Waals surface area contributed by atoms with Gasteiger partial charge < -0.3 is 10.3 Å². The molecule has 4 nitrogen and oxygen atoms in total. The van der Waals surface area contributed by atoms with Crippen LogP contribution in [0.1, 0.15) is 43.5 Å². The van der Waals surface area contributed by atoms with Crippen molar-refractivity contribution in [2.45, 2.75) is 38.5 Å². The smallest absolute Gasteiger partial charge is 0.260 e. The Morgan fingerprint density at radius 2 is 2.31 bits per heavy atom. The number of nitrogens with two attached hydrogens (primary N) is 1. The molecule has 3 rings (SSSR count). The van der Waals surface area contributed by atoms with Crippen LogP contribution in [-0.4, -0.2) is 10.1 Å².